The molecule has 2 N–H and O–H groups in total. The zero-order valence-corrected chi connectivity index (χ0v) is 9.61. The highest BCUT2D eigenvalue weighted by molar-refractivity contribution is 7.46. The van der Waals surface area contributed by atoms with E-state index in [2.05, 4.69) is 4.52 Å². The van der Waals surface area contributed by atoms with Crippen molar-refractivity contribution in [1.29, 1.82) is 0 Å². The highest BCUT2D eigenvalue weighted by atomic mass is 35.5. The Labute approximate surface area is 94.6 Å². The van der Waals surface area contributed by atoms with Gasteiger partial charge in [0.1, 0.15) is 0 Å². The van der Waals surface area contributed by atoms with Gasteiger partial charge in [0.2, 0.25) is 0 Å². The van der Waals surface area contributed by atoms with Crippen molar-refractivity contribution >= 4 is 42.6 Å². The van der Waals surface area contributed by atoms with Crippen LogP contribution in [0.15, 0.2) is 12.1 Å². The fourth-order valence-corrected chi connectivity index (χ4v) is 2.17. The van der Waals surface area contributed by atoms with Crippen LogP contribution in [0.5, 0.6) is 5.75 Å². The molecule has 14 heavy (non-hydrogen) atoms. The lowest BCUT2D eigenvalue weighted by atomic mass is 10.3. The van der Waals surface area contributed by atoms with E-state index in [1.54, 1.807) is 0 Å². The molecule has 4 nitrogen and oxygen atoms in total. The SMILES string of the molecule is O=P(O)(O)Oc1c(Cl)cc(Cl)cc1Cl. The molecule has 0 aliphatic heterocycles. The molecule has 0 aliphatic carbocycles. The van der Waals surface area contributed by atoms with Gasteiger partial charge in [0.05, 0.1) is 10.0 Å². The molecule has 1 rings (SSSR count). The van der Waals surface area contributed by atoms with E-state index in [1.807, 2.05) is 0 Å². The van der Waals surface area contributed by atoms with Crippen LogP contribution in [0.25, 0.3) is 0 Å². The summed E-state index contributed by atoms with van der Waals surface area (Å²) in [5, 5.41) is 0.120. The minimum absolute atomic E-state index is 0.0641. The molecule has 0 radical (unpaired) electrons. The molecule has 0 aromatic heterocycles. The molecule has 0 unspecified atom stereocenters. The van der Waals surface area contributed by atoms with E-state index in [1.165, 1.54) is 12.1 Å². The van der Waals surface area contributed by atoms with Gasteiger partial charge in [-0.05, 0) is 12.1 Å². The second kappa shape index (κ2) is 4.27. The van der Waals surface area contributed by atoms with Crippen LogP contribution in [0, 0.1) is 0 Å². The van der Waals surface area contributed by atoms with Gasteiger partial charge < -0.3 is 4.52 Å². The fraction of sp³-hybridized carbons (Fsp3) is 0. The van der Waals surface area contributed by atoms with E-state index in [0.29, 0.717) is 0 Å². The molecule has 78 valence electrons. The molecule has 0 aliphatic rings. The number of hydrogen-bond donors (Lipinski definition) is 2. The van der Waals surface area contributed by atoms with Crippen LogP contribution in [0.4, 0.5) is 0 Å². The predicted molar refractivity (Wildman–Crippen MR) is 54.1 cm³/mol. The van der Waals surface area contributed by atoms with Gasteiger partial charge in [0.25, 0.3) is 0 Å². The number of rotatable bonds is 2. The van der Waals surface area contributed by atoms with Gasteiger partial charge in [-0.2, -0.15) is 0 Å². The predicted octanol–water partition coefficient (Wildman–Crippen LogP) is 3.12. The largest absolute Gasteiger partial charge is 0.524 e. The maximum Gasteiger partial charge on any atom is 0.524 e. The van der Waals surface area contributed by atoms with Crippen LogP contribution < -0.4 is 4.52 Å². The Balaban J connectivity index is 3.15. The van der Waals surface area contributed by atoms with Crippen LogP contribution in [0.2, 0.25) is 15.1 Å². The van der Waals surface area contributed by atoms with Gasteiger partial charge >= 0.3 is 7.82 Å². The van der Waals surface area contributed by atoms with E-state index in [-0.39, 0.29) is 20.8 Å². The second-order valence-electron chi connectivity index (χ2n) is 2.28. The van der Waals surface area contributed by atoms with Crippen molar-refractivity contribution in [1.82, 2.24) is 0 Å². The standard InChI is InChI=1S/C6H4Cl3O4P/c7-3-1-4(8)6(5(9)2-3)13-14(10,11)12/h1-2H,(H2,10,11,12). The maximum atomic E-state index is 10.5. The number of phosphoric ester groups is 1. The number of phosphoric acid groups is 1. The quantitative estimate of drug-likeness (QED) is 0.815. The van der Waals surface area contributed by atoms with Crippen molar-refractivity contribution < 1.29 is 18.9 Å². The smallest absolute Gasteiger partial charge is 0.401 e. The molecule has 0 amide bonds. The van der Waals surface area contributed by atoms with Gasteiger partial charge in [0.15, 0.2) is 5.75 Å². The van der Waals surface area contributed by atoms with E-state index >= 15 is 0 Å². The molecular formula is C6H4Cl3O4P. The average Bonchev–Trinajstić information content (AvgIpc) is 1.95. The molecule has 0 bridgehead atoms. The van der Waals surface area contributed by atoms with E-state index in [0.717, 1.165) is 0 Å². The molecule has 0 heterocycles. The molecule has 0 saturated heterocycles. The molecule has 0 spiro atoms. The van der Waals surface area contributed by atoms with Crippen molar-refractivity contribution in [3.8, 4) is 5.75 Å². The second-order valence-corrected chi connectivity index (χ2v) is 4.69. The minimum atomic E-state index is -4.67. The highest BCUT2D eigenvalue weighted by Crippen LogP contribution is 2.45. The lowest BCUT2D eigenvalue weighted by Crippen LogP contribution is -1.91. The number of benzene rings is 1. The van der Waals surface area contributed by atoms with Crippen LogP contribution in [0.1, 0.15) is 0 Å². The Morgan fingerprint density at radius 3 is 1.93 bits per heavy atom. The minimum Gasteiger partial charge on any atom is -0.401 e. The summed E-state index contributed by atoms with van der Waals surface area (Å²) in [5.41, 5.74) is 0. The number of halogens is 3. The van der Waals surface area contributed by atoms with Crippen LogP contribution >= 0.6 is 42.6 Å². The summed E-state index contributed by atoms with van der Waals surface area (Å²) in [5.74, 6) is -0.286. The van der Waals surface area contributed by atoms with Gasteiger partial charge in [-0.15, -0.1) is 0 Å². The third kappa shape index (κ3) is 3.31. The summed E-state index contributed by atoms with van der Waals surface area (Å²) in [6.07, 6.45) is 0. The maximum absolute atomic E-state index is 10.5. The van der Waals surface area contributed by atoms with E-state index in [9.17, 15) is 4.57 Å². The molecular weight excluding hydrogens is 273 g/mol. The van der Waals surface area contributed by atoms with E-state index in [4.69, 9.17) is 44.6 Å². The van der Waals surface area contributed by atoms with Crippen molar-refractivity contribution in [3.63, 3.8) is 0 Å². The Hall–Kier alpha value is 0.0400. The third-order valence-electron chi connectivity index (χ3n) is 1.17. The molecule has 0 fully saturated rings. The van der Waals surface area contributed by atoms with Crippen molar-refractivity contribution in [3.05, 3.63) is 27.2 Å². The van der Waals surface area contributed by atoms with Crippen molar-refractivity contribution in [2.45, 2.75) is 0 Å². The van der Waals surface area contributed by atoms with Crippen LogP contribution in [0.3, 0.4) is 0 Å². The zero-order valence-electron chi connectivity index (χ0n) is 6.45. The molecule has 8 heteroatoms. The zero-order chi connectivity index (χ0) is 10.9. The van der Waals surface area contributed by atoms with Gasteiger partial charge in [-0.25, -0.2) is 4.57 Å². The number of hydrogen-bond acceptors (Lipinski definition) is 2. The van der Waals surface area contributed by atoms with Crippen LogP contribution in [-0.2, 0) is 4.57 Å². The highest BCUT2D eigenvalue weighted by Gasteiger charge is 2.20. The first-order chi connectivity index (χ1) is 6.29. The van der Waals surface area contributed by atoms with Crippen molar-refractivity contribution in [2.24, 2.45) is 0 Å². The first-order valence-electron chi connectivity index (χ1n) is 3.19. The Morgan fingerprint density at radius 1 is 1.14 bits per heavy atom. The van der Waals surface area contributed by atoms with Gasteiger partial charge in [0, 0.05) is 5.02 Å². The summed E-state index contributed by atoms with van der Waals surface area (Å²) >= 11 is 16.8. The Kier molecular flexibility index (Phi) is 3.69. The normalized spacial score (nSPS) is 11.5. The Bertz CT molecular complexity index is 379. The third-order valence-corrected chi connectivity index (χ3v) is 2.37. The van der Waals surface area contributed by atoms with E-state index < -0.39 is 7.82 Å². The summed E-state index contributed by atoms with van der Waals surface area (Å²) < 4.78 is 14.8. The lowest BCUT2D eigenvalue weighted by Gasteiger charge is -2.10. The van der Waals surface area contributed by atoms with Crippen LogP contribution in [-0.4, -0.2) is 9.79 Å². The van der Waals surface area contributed by atoms with Gasteiger partial charge in [-0.3, -0.25) is 9.79 Å². The average molecular weight is 277 g/mol. The summed E-state index contributed by atoms with van der Waals surface area (Å²) in [6.45, 7) is 0. The fourth-order valence-electron chi connectivity index (χ4n) is 0.735. The summed E-state index contributed by atoms with van der Waals surface area (Å²) in [6, 6.07) is 2.53. The molecule has 0 saturated carbocycles. The topological polar surface area (TPSA) is 66.8 Å². The molecule has 1 aromatic carbocycles. The Morgan fingerprint density at radius 2 is 1.57 bits per heavy atom. The summed E-state index contributed by atoms with van der Waals surface area (Å²) in [4.78, 5) is 17.1. The molecule has 0 atom stereocenters. The first kappa shape index (κ1) is 12.1. The first-order valence-corrected chi connectivity index (χ1v) is 5.86. The lowest BCUT2D eigenvalue weighted by molar-refractivity contribution is 0.283. The monoisotopic (exact) mass is 276 g/mol. The summed E-state index contributed by atoms with van der Waals surface area (Å²) in [7, 11) is -4.67. The van der Waals surface area contributed by atoms with Crippen molar-refractivity contribution in [2.75, 3.05) is 0 Å². The molecule has 1 aromatic rings. The van der Waals surface area contributed by atoms with Gasteiger partial charge in [-0.1, -0.05) is 34.8 Å².